The Morgan fingerprint density at radius 2 is 1.81 bits per heavy atom. The van der Waals surface area contributed by atoms with Gasteiger partial charge in [-0.25, -0.2) is 19.0 Å². The maximum absolute atomic E-state index is 11.4. The number of nitrogens with zero attached hydrogens (tertiary/aromatic N) is 2. The van der Waals surface area contributed by atoms with Crippen LogP contribution in [0.2, 0.25) is 0 Å². The minimum Gasteiger partial charge on any atom is -0.258 e. The normalized spacial score (nSPS) is 10.6. The number of hydrogen-bond donors (Lipinski definition) is 1. The second kappa shape index (κ2) is 5.69. The summed E-state index contributed by atoms with van der Waals surface area (Å²) in [4.78, 5) is 35.7. The molecule has 0 radical (unpaired) electrons. The number of nitrogens with one attached hydrogen (secondary N) is 1. The molecule has 0 aliphatic rings. The van der Waals surface area contributed by atoms with E-state index in [4.69, 9.17) is 11.8 Å². The first-order valence-electron chi connectivity index (χ1n) is 5.20. The zero-order chi connectivity index (χ0) is 12.1. The Labute approximate surface area is 96.6 Å². The van der Waals surface area contributed by atoms with Crippen molar-refractivity contribution in [1.82, 2.24) is 13.6 Å². The Balaban J connectivity index is 2.89. The first-order valence-corrected chi connectivity index (χ1v) is 5.54. The molecular formula is C9H14ClN3O3. The van der Waals surface area contributed by atoms with Crippen LogP contribution in [-0.2, 0) is 6.54 Å². The topological polar surface area (TPSA) is 76.9 Å². The molecule has 0 spiro atoms. The zero-order valence-electron chi connectivity index (χ0n) is 9.03. The molecule has 1 heterocycles. The molecule has 16 heavy (non-hydrogen) atoms. The monoisotopic (exact) mass is 247 g/mol. The fourth-order valence-corrected chi connectivity index (χ4v) is 1.52. The van der Waals surface area contributed by atoms with Gasteiger partial charge in [-0.2, -0.15) is 4.09 Å². The van der Waals surface area contributed by atoms with Gasteiger partial charge in [0, 0.05) is 18.3 Å². The molecule has 1 aromatic rings. The number of H-pyrrole nitrogens is 1. The van der Waals surface area contributed by atoms with Gasteiger partial charge in [0.05, 0.1) is 0 Å². The fraction of sp³-hybridized carbons (Fsp3) is 0.667. The Hall–Kier alpha value is -1.30. The van der Waals surface area contributed by atoms with Crippen molar-refractivity contribution >= 4 is 11.8 Å². The number of aromatic amines is 1. The number of rotatable bonds is 5. The predicted octanol–water partition coefficient (Wildman–Crippen LogP) is 0.281. The van der Waals surface area contributed by atoms with Gasteiger partial charge in [-0.3, -0.25) is 4.98 Å². The molecule has 0 aromatic carbocycles. The summed E-state index contributed by atoms with van der Waals surface area (Å²) in [6.45, 7) is 2.35. The molecule has 1 rings (SSSR count). The molecule has 0 unspecified atom stereocenters. The second-order valence-electron chi connectivity index (χ2n) is 3.51. The molecule has 7 heteroatoms. The van der Waals surface area contributed by atoms with Gasteiger partial charge in [-0.15, -0.1) is 0 Å². The van der Waals surface area contributed by atoms with E-state index >= 15 is 0 Å². The van der Waals surface area contributed by atoms with Crippen LogP contribution in [0.15, 0.2) is 14.4 Å². The Kier molecular flexibility index (Phi) is 4.54. The number of halogens is 1. The highest BCUT2D eigenvalue weighted by Gasteiger charge is 2.07. The number of unbranched alkanes of at least 4 members (excludes halogenated alkanes) is 3. The third-order valence-corrected chi connectivity index (χ3v) is 2.57. The number of hydrogen-bond acceptors (Lipinski definition) is 3. The van der Waals surface area contributed by atoms with Crippen LogP contribution in [0.1, 0.15) is 32.6 Å². The number of aromatic nitrogens is 3. The van der Waals surface area contributed by atoms with E-state index in [1.807, 2.05) is 4.98 Å². The molecule has 0 saturated heterocycles. The summed E-state index contributed by atoms with van der Waals surface area (Å²) in [6, 6.07) is 0. The molecular weight excluding hydrogens is 234 g/mol. The quantitative estimate of drug-likeness (QED) is 0.760. The van der Waals surface area contributed by atoms with Crippen molar-refractivity contribution in [1.29, 1.82) is 0 Å². The average Bonchev–Trinajstić information content (AvgIpc) is 2.25. The lowest BCUT2D eigenvalue weighted by Gasteiger charge is -2.03. The summed E-state index contributed by atoms with van der Waals surface area (Å²) in [6.07, 6.45) is 3.77. The van der Waals surface area contributed by atoms with Gasteiger partial charge in [0.15, 0.2) is 0 Å². The smallest absolute Gasteiger partial charge is 0.258 e. The van der Waals surface area contributed by atoms with E-state index in [0.717, 1.165) is 23.8 Å². The lowest BCUT2D eigenvalue weighted by atomic mass is 10.2. The van der Waals surface area contributed by atoms with Crippen molar-refractivity contribution in [3.63, 3.8) is 0 Å². The highest BCUT2D eigenvalue weighted by molar-refractivity contribution is 6.14. The van der Waals surface area contributed by atoms with Crippen molar-refractivity contribution < 1.29 is 0 Å². The van der Waals surface area contributed by atoms with Crippen molar-refractivity contribution in [2.45, 2.75) is 39.2 Å². The third-order valence-electron chi connectivity index (χ3n) is 2.27. The van der Waals surface area contributed by atoms with Crippen LogP contribution in [0.5, 0.6) is 0 Å². The van der Waals surface area contributed by atoms with E-state index in [1.54, 1.807) is 0 Å². The molecule has 0 amide bonds. The van der Waals surface area contributed by atoms with Gasteiger partial charge in [-0.05, 0) is 6.42 Å². The molecule has 0 atom stereocenters. The van der Waals surface area contributed by atoms with Crippen molar-refractivity contribution in [2.24, 2.45) is 0 Å². The van der Waals surface area contributed by atoms with Crippen LogP contribution in [0.3, 0.4) is 0 Å². The standard InChI is InChI=1S/C9H14ClN3O3/c1-2-3-4-5-6-12-7(14)11-8(15)13(10)9(12)16/h2-6H2,1H3,(H,11,14,15). The van der Waals surface area contributed by atoms with Crippen LogP contribution in [0.4, 0.5) is 0 Å². The van der Waals surface area contributed by atoms with Crippen molar-refractivity contribution in [3.05, 3.63) is 31.5 Å². The van der Waals surface area contributed by atoms with E-state index in [1.165, 1.54) is 0 Å². The summed E-state index contributed by atoms with van der Waals surface area (Å²) in [5, 5.41) is 0. The third kappa shape index (κ3) is 2.85. The summed E-state index contributed by atoms with van der Waals surface area (Å²) in [7, 11) is 0. The second-order valence-corrected chi connectivity index (χ2v) is 3.85. The summed E-state index contributed by atoms with van der Waals surface area (Å²) in [5.41, 5.74) is -2.39. The van der Waals surface area contributed by atoms with Crippen LogP contribution in [0, 0.1) is 0 Å². The predicted molar refractivity (Wildman–Crippen MR) is 61.0 cm³/mol. The van der Waals surface area contributed by atoms with Gasteiger partial charge in [0.2, 0.25) is 0 Å². The molecule has 0 saturated carbocycles. The van der Waals surface area contributed by atoms with E-state index in [0.29, 0.717) is 10.5 Å². The largest absolute Gasteiger partial charge is 0.351 e. The zero-order valence-corrected chi connectivity index (χ0v) is 9.79. The van der Waals surface area contributed by atoms with Gasteiger partial charge < -0.3 is 0 Å². The maximum atomic E-state index is 11.4. The molecule has 1 aromatic heterocycles. The van der Waals surface area contributed by atoms with Crippen LogP contribution < -0.4 is 17.1 Å². The Morgan fingerprint density at radius 3 is 2.44 bits per heavy atom. The summed E-state index contributed by atoms with van der Waals surface area (Å²) < 4.78 is 1.31. The van der Waals surface area contributed by atoms with Gasteiger partial charge in [0.1, 0.15) is 0 Å². The molecule has 0 aliphatic carbocycles. The highest BCUT2D eigenvalue weighted by atomic mass is 35.5. The summed E-state index contributed by atoms with van der Waals surface area (Å²) >= 11 is 5.40. The SMILES string of the molecule is CCCCCCn1c(=O)[nH]c(=O)n(Cl)c1=O. The molecule has 0 fully saturated rings. The first-order chi connectivity index (χ1) is 7.57. The van der Waals surface area contributed by atoms with Crippen molar-refractivity contribution in [2.75, 3.05) is 0 Å². The van der Waals surface area contributed by atoms with E-state index in [2.05, 4.69) is 6.92 Å². The van der Waals surface area contributed by atoms with Crippen LogP contribution in [-0.4, -0.2) is 13.6 Å². The molecule has 0 bridgehead atoms. The first kappa shape index (κ1) is 12.8. The lowest BCUT2D eigenvalue weighted by molar-refractivity contribution is 0.528. The fourth-order valence-electron chi connectivity index (χ4n) is 1.38. The average molecular weight is 248 g/mol. The summed E-state index contributed by atoms with van der Waals surface area (Å²) in [5.74, 6) is 0. The van der Waals surface area contributed by atoms with E-state index in [9.17, 15) is 14.4 Å². The molecule has 1 N–H and O–H groups in total. The molecule has 6 nitrogen and oxygen atoms in total. The van der Waals surface area contributed by atoms with E-state index in [-0.39, 0.29) is 6.54 Å². The minimum absolute atomic E-state index is 0.279. The van der Waals surface area contributed by atoms with E-state index < -0.39 is 17.1 Å². The van der Waals surface area contributed by atoms with Gasteiger partial charge in [-0.1, -0.05) is 26.2 Å². The van der Waals surface area contributed by atoms with Gasteiger partial charge >= 0.3 is 17.1 Å². The maximum Gasteiger partial charge on any atom is 0.351 e. The van der Waals surface area contributed by atoms with Crippen LogP contribution >= 0.6 is 11.8 Å². The molecule has 90 valence electrons. The van der Waals surface area contributed by atoms with Gasteiger partial charge in [0.25, 0.3) is 0 Å². The van der Waals surface area contributed by atoms with Crippen molar-refractivity contribution in [3.8, 4) is 0 Å². The van der Waals surface area contributed by atoms with Crippen LogP contribution in [0.25, 0.3) is 0 Å². The Bertz CT molecular complexity index is 514. The minimum atomic E-state index is -0.901. The molecule has 0 aliphatic heterocycles. The Morgan fingerprint density at radius 1 is 1.12 bits per heavy atom. The lowest BCUT2D eigenvalue weighted by Crippen LogP contribution is -2.46. The highest BCUT2D eigenvalue weighted by Crippen LogP contribution is 1.98.